The molecule has 2 aromatic heterocycles. The van der Waals surface area contributed by atoms with E-state index < -0.39 is 11.8 Å². The van der Waals surface area contributed by atoms with Crippen LogP contribution < -0.4 is 10.5 Å². The molecule has 0 unspecified atom stereocenters. The molecular weight excluding hydrogens is 446 g/mol. The van der Waals surface area contributed by atoms with E-state index in [0.717, 1.165) is 5.56 Å². The van der Waals surface area contributed by atoms with Gasteiger partial charge < -0.3 is 19.6 Å². The van der Waals surface area contributed by atoms with E-state index in [4.69, 9.17) is 31.8 Å². The van der Waals surface area contributed by atoms with Crippen LogP contribution in [0, 0.1) is 11.8 Å². The minimum Gasteiger partial charge on any atom is -0.489 e. The lowest BCUT2D eigenvalue weighted by Crippen LogP contribution is -2.07. The normalized spacial score (nSPS) is 11.0. The largest absolute Gasteiger partial charge is 0.489 e. The van der Waals surface area contributed by atoms with Crippen molar-refractivity contribution in [2.24, 2.45) is 5.73 Å². The van der Waals surface area contributed by atoms with E-state index in [1.54, 1.807) is 12.1 Å². The second-order valence-corrected chi connectivity index (χ2v) is 7.77. The van der Waals surface area contributed by atoms with Crippen LogP contribution in [0.2, 0.25) is 0 Å². The minimum atomic E-state index is -0.757. The number of rotatable bonds is 8. The molecule has 0 amide bonds. The molecule has 0 fully saturated rings. The van der Waals surface area contributed by atoms with Gasteiger partial charge in [-0.2, -0.15) is 4.39 Å². The van der Waals surface area contributed by atoms with Gasteiger partial charge in [-0.1, -0.05) is 18.2 Å². The third-order valence-corrected chi connectivity index (χ3v) is 5.36. The summed E-state index contributed by atoms with van der Waals surface area (Å²) < 4.78 is 45.6. The first-order valence-corrected chi connectivity index (χ1v) is 10.8. The zero-order valence-electron chi connectivity index (χ0n) is 17.9. The first-order chi connectivity index (χ1) is 16.0. The summed E-state index contributed by atoms with van der Waals surface area (Å²) in [6, 6.07) is 13.0. The summed E-state index contributed by atoms with van der Waals surface area (Å²) in [5.74, 6) is 0.0889. The van der Waals surface area contributed by atoms with Crippen LogP contribution >= 0.6 is 12.2 Å². The molecule has 2 aromatic carbocycles. The SMILES string of the molecule is CCOC(=S)Cc1ccccc1OCc1cc(-c2ccnc(CN)c2F)c2oc(F)cc2c1. The summed E-state index contributed by atoms with van der Waals surface area (Å²) in [5, 5.41) is 0.981. The van der Waals surface area contributed by atoms with Gasteiger partial charge in [-0.05, 0) is 49.0 Å². The fourth-order valence-electron chi connectivity index (χ4n) is 3.62. The summed E-state index contributed by atoms with van der Waals surface area (Å²) in [6.07, 6.45) is 1.91. The smallest absolute Gasteiger partial charge is 0.278 e. The second-order valence-electron chi connectivity index (χ2n) is 7.31. The molecule has 0 aliphatic rings. The summed E-state index contributed by atoms with van der Waals surface area (Å²) in [5.41, 5.74) is 8.19. The molecule has 5 nitrogen and oxygen atoms in total. The number of thiocarbonyl (C=S) groups is 1. The van der Waals surface area contributed by atoms with Crippen LogP contribution in [0.1, 0.15) is 23.7 Å². The molecule has 2 heterocycles. The molecule has 2 N–H and O–H groups in total. The van der Waals surface area contributed by atoms with Gasteiger partial charge >= 0.3 is 0 Å². The van der Waals surface area contributed by atoms with Crippen LogP contribution in [-0.2, 0) is 24.3 Å². The molecule has 0 saturated heterocycles. The van der Waals surface area contributed by atoms with Crippen LogP contribution in [-0.4, -0.2) is 16.6 Å². The second kappa shape index (κ2) is 10.1. The Balaban J connectivity index is 1.68. The monoisotopic (exact) mass is 468 g/mol. The number of hydrogen-bond acceptors (Lipinski definition) is 6. The van der Waals surface area contributed by atoms with Crippen LogP contribution in [0.4, 0.5) is 8.78 Å². The van der Waals surface area contributed by atoms with Gasteiger partial charge in [0.2, 0.25) is 0 Å². The van der Waals surface area contributed by atoms with Crippen LogP contribution in [0.3, 0.4) is 0 Å². The number of pyridine rings is 1. The summed E-state index contributed by atoms with van der Waals surface area (Å²) in [7, 11) is 0. The van der Waals surface area contributed by atoms with Crippen LogP contribution in [0.5, 0.6) is 5.75 Å². The highest BCUT2D eigenvalue weighted by Crippen LogP contribution is 2.34. The van der Waals surface area contributed by atoms with Gasteiger partial charge in [0, 0.05) is 47.3 Å². The number of nitrogens with zero attached hydrogens (tertiary/aromatic N) is 1. The molecule has 0 saturated carbocycles. The molecule has 4 aromatic rings. The van der Waals surface area contributed by atoms with Crippen molar-refractivity contribution in [2.45, 2.75) is 26.5 Å². The van der Waals surface area contributed by atoms with E-state index in [1.807, 2.05) is 31.2 Å². The summed E-state index contributed by atoms with van der Waals surface area (Å²) in [4.78, 5) is 3.96. The minimum absolute atomic E-state index is 0.0570. The number of para-hydroxylation sites is 1. The van der Waals surface area contributed by atoms with Crippen molar-refractivity contribution in [1.29, 1.82) is 0 Å². The molecule has 0 spiro atoms. The van der Waals surface area contributed by atoms with Crippen molar-refractivity contribution >= 4 is 28.2 Å². The van der Waals surface area contributed by atoms with Crippen molar-refractivity contribution < 1.29 is 22.7 Å². The van der Waals surface area contributed by atoms with Crippen LogP contribution in [0.25, 0.3) is 22.1 Å². The standard InChI is InChI=1S/C25H22F2N2O3S/c1-2-30-23(33)12-16-5-3-4-6-21(16)31-14-15-9-17-11-22(26)32-25(17)19(10-15)18-7-8-29-20(13-28)24(18)27/h3-11H,2,12-14,28H2,1H3. The van der Waals surface area contributed by atoms with Gasteiger partial charge in [0.25, 0.3) is 6.01 Å². The average molecular weight is 469 g/mol. The van der Waals surface area contributed by atoms with E-state index in [2.05, 4.69) is 4.98 Å². The summed E-state index contributed by atoms with van der Waals surface area (Å²) in [6.45, 7) is 2.50. The Morgan fingerprint density at radius 2 is 1.94 bits per heavy atom. The van der Waals surface area contributed by atoms with Crippen molar-refractivity contribution in [1.82, 2.24) is 4.98 Å². The number of hydrogen-bond donors (Lipinski definition) is 1. The van der Waals surface area contributed by atoms with Gasteiger partial charge in [0.15, 0.2) is 10.9 Å². The quantitative estimate of drug-likeness (QED) is 0.334. The zero-order valence-corrected chi connectivity index (χ0v) is 18.8. The predicted molar refractivity (Wildman–Crippen MR) is 126 cm³/mol. The number of nitrogens with two attached hydrogens (primary N) is 1. The van der Waals surface area contributed by atoms with Crippen molar-refractivity contribution in [3.8, 4) is 16.9 Å². The number of furan rings is 1. The molecule has 0 atom stereocenters. The highest BCUT2D eigenvalue weighted by molar-refractivity contribution is 7.80. The predicted octanol–water partition coefficient (Wildman–Crippen LogP) is 5.72. The van der Waals surface area contributed by atoms with E-state index in [-0.39, 0.29) is 30.0 Å². The maximum absolute atomic E-state index is 15.0. The number of fused-ring (bicyclic) bond motifs is 1. The van der Waals surface area contributed by atoms with Crippen molar-refractivity contribution in [3.63, 3.8) is 0 Å². The van der Waals surface area contributed by atoms with E-state index in [1.165, 1.54) is 18.3 Å². The first-order valence-electron chi connectivity index (χ1n) is 10.4. The maximum Gasteiger partial charge on any atom is 0.278 e. The lowest BCUT2D eigenvalue weighted by molar-refractivity contribution is 0.301. The Bertz CT molecular complexity index is 1310. The van der Waals surface area contributed by atoms with Crippen LogP contribution in [0.15, 0.2) is 59.1 Å². The van der Waals surface area contributed by atoms with Crippen molar-refractivity contribution in [3.05, 3.63) is 83.4 Å². The third kappa shape index (κ3) is 5.02. The molecule has 0 aliphatic heterocycles. The third-order valence-electron chi connectivity index (χ3n) is 5.10. The fourth-order valence-corrected chi connectivity index (χ4v) is 3.90. The molecular formula is C25H22F2N2O3S. The number of benzene rings is 2. The summed E-state index contributed by atoms with van der Waals surface area (Å²) >= 11 is 5.26. The number of aromatic nitrogens is 1. The Hall–Kier alpha value is -3.36. The van der Waals surface area contributed by atoms with Gasteiger partial charge in [0.05, 0.1) is 12.3 Å². The van der Waals surface area contributed by atoms with Gasteiger partial charge in [-0.15, -0.1) is 0 Å². The topological polar surface area (TPSA) is 70.5 Å². The maximum atomic E-state index is 15.0. The van der Waals surface area contributed by atoms with Gasteiger partial charge in [-0.25, -0.2) is 4.39 Å². The highest BCUT2D eigenvalue weighted by atomic mass is 32.1. The molecule has 170 valence electrons. The van der Waals surface area contributed by atoms with E-state index in [0.29, 0.717) is 40.3 Å². The van der Waals surface area contributed by atoms with Gasteiger partial charge in [-0.3, -0.25) is 4.98 Å². The molecule has 33 heavy (non-hydrogen) atoms. The zero-order chi connectivity index (χ0) is 23.4. The average Bonchev–Trinajstić information content (AvgIpc) is 3.18. The Labute approximate surface area is 195 Å². The lowest BCUT2D eigenvalue weighted by Gasteiger charge is -2.13. The van der Waals surface area contributed by atoms with E-state index >= 15 is 0 Å². The first kappa shape index (κ1) is 22.8. The number of halogens is 2. The van der Waals surface area contributed by atoms with Gasteiger partial charge in [0.1, 0.15) is 17.9 Å². The highest BCUT2D eigenvalue weighted by Gasteiger charge is 2.18. The molecule has 4 rings (SSSR count). The molecule has 0 aliphatic carbocycles. The molecule has 0 bridgehead atoms. The van der Waals surface area contributed by atoms with E-state index in [9.17, 15) is 8.78 Å². The lowest BCUT2D eigenvalue weighted by atomic mass is 10.00. The Morgan fingerprint density at radius 3 is 2.73 bits per heavy atom. The molecule has 0 radical (unpaired) electrons. The Morgan fingerprint density at radius 1 is 1.12 bits per heavy atom. The van der Waals surface area contributed by atoms with Crippen molar-refractivity contribution in [2.75, 3.05) is 6.61 Å². The fraction of sp³-hybridized carbons (Fsp3) is 0.200. The number of ether oxygens (including phenoxy) is 2. The molecule has 8 heteroatoms. The Kier molecular flexibility index (Phi) is 6.96.